The Bertz CT molecular complexity index is 985. The molecular formula is C18H14F5N3O2. The maximum Gasteiger partial charge on any atom is 0.416 e. The summed E-state index contributed by atoms with van der Waals surface area (Å²) in [6.45, 7) is -0.00669. The van der Waals surface area contributed by atoms with Crippen LogP contribution in [0.25, 0.3) is 11.0 Å². The predicted molar refractivity (Wildman–Crippen MR) is 90.3 cm³/mol. The number of hydrogen-bond acceptors (Lipinski definition) is 3. The van der Waals surface area contributed by atoms with Gasteiger partial charge in [0.1, 0.15) is 12.4 Å². The van der Waals surface area contributed by atoms with E-state index in [0.717, 1.165) is 12.1 Å². The first-order valence-electron chi connectivity index (χ1n) is 8.10. The minimum absolute atomic E-state index is 0.0301. The van der Waals surface area contributed by atoms with Crippen LogP contribution in [-0.2, 0) is 6.18 Å². The highest BCUT2D eigenvalue weighted by Gasteiger charge is 2.30. The molecule has 0 spiro atoms. The summed E-state index contributed by atoms with van der Waals surface area (Å²) < 4.78 is 68.5. The molecule has 5 nitrogen and oxygen atoms in total. The number of rotatable bonds is 6. The highest BCUT2D eigenvalue weighted by Crippen LogP contribution is 2.31. The number of carbonyl (C=O) groups excluding carboxylic acids is 1. The van der Waals surface area contributed by atoms with E-state index in [-0.39, 0.29) is 24.5 Å². The Hall–Kier alpha value is -3.17. The van der Waals surface area contributed by atoms with Crippen molar-refractivity contribution in [3.05, 3.63) is 59.4 Å². The zero-order valence-electron chi connectivity index (χ0n) is 14.2. The van der Waals surface area contributed by atoms with Crippen molar-refractivity contribution in [2.24, 2.45) is 0 Å². The lowest BCUT2D eigenvalue weighted by atomic mass is 10.2. The van der Waals surface area contributed by atoms with Gasteiger partial charge in [0, 0.05) is 5.56 Å². The number of aromatic amines is 1. The van der Waals surface area contributed by atoms with Gasteiger partial charge in [-0.3, -0.25) is 4.79 Å². The summed E-state index contributed by atoms with van der Waals surface area (Å²) in [6, 6.07) is 8.66. The lowest BCUT2D eigenvalue weighted by molar-refractivity contribution is -0.137. The quantitative estimate of drug-likeness (QED) is 0.479. The summed E-state index contributed by atoms with van der Waals surface area (Å²) in [4.78, 5) is 18.3. The molecule has 0 saturated carbocycles. The molecule has 2 aromatic carbocycles. The summed E-state index contributed by atoms with van der Waals surface area (Å²) in [7, 11) is 0. The Morgan fingerprint density at radius 3 is 2.68 bits per heavy atom. The van der Waals surface area contributed by atoms with E-state index in [1.807, 2.05) is 0 Å². The molecule has 3 aromatic rings. The van der Waals surface area contributed by atoms with Gasteiger partial charge < -0.3 is 15.0 Å². The third-order valence-electron chi connectivity index (χ3n) is 3.79. The van der Waals surface area contributed by atoms with Gasteiger partial charge in [-0.1, -0.05) is 6.07 Å². The van der Waals surface area contributed by atoms with Crippen molar-refractivity contribution >= 4 is 16.9 Å². The van der Waals surface area contributed by atoms with Crippen LogP contribution in [0.4, 0.5) is 22.0 Å². The zero-order valence-corrected chi connectivity index (χ0v) is 14.2. The summed E-state index contributed by atoms with van der Waals surface area (Å²) >= 11 is 0. The van der Waals surface area contributed by atoms with Crippen LogP contribution >= 0.6 is 0 Å². The zero-order chi connectivity index (χ0) is 20.3. The maximum absolute atomic E-state index is 12.7. The van der Waals surface area contributed by atoms with E-state index in [9.17, 15) is 26.7 Å². The van der Waals surface area contributed by atoms with Crippen LogP contribution in [0.5, 0.6) is 5.75 Å². The average molecular weight is 399 g/mol. The van der Waals surface area contributed by atoms with Crippen LogP contribution in [0.1, 0.15) is 28.2 Å². The van der Waals surface area contributed by atoms with Gasteiger partial charge >= 0.3 is 6.18 Å². The molecule has 0 saturated heterocycles. The highest BCUT2D eigenvalue weighted by molar-refractivity contribution is 5.97. The third-order valence-corrected chi connectivity index (χ3v) is 3.79. The van der Waals surface area contributed by atoms with Crippen molar-refractivity contribution in [3.8, 4) is 5.75 Å². The van der Waals surface area contributed by atoms with Crippen molar-refractivity contribution in [1.82, 2.24) is 15.3 Å². The van der Waals surface area contributed by atoms with E-state index in [2.05, 4.69) is 15.3 Å². The van der Waals surface area contributed by atoms with Crippen molar-refractivity contribution in [2.75, 3.05) is 13.2 Å². The number of aromatic nitrogens is 2. The number of benzene rings is 2. The Kier molecular flexibility index (Phi) is 5.48. The fourth-order valence-corrected chi connectivity index (χ4v) is 2.47. The lowest BCUT2D eigenvalue weighted by Gasteiger charge is -2.10. The fourth-order valence-electron chi connectivity index (χ4n) is 2.47. The number of carbonyl (C=O) groups is 1. The van der Waals surface area contributed by atoms with Gasteiger partial charge in [0.15, 0.2) is 5.82 Å². The van der Waals surface area contributed by atoms with E-state index in [0.29, 0.717) is 11.0 Å². The fraction of sp³-hybridized carbons (Fsp3) is 0.222. The van der Waals surface area contributed by atoms with Crippen LogP contribution in [0.15, 0.2) is 42.5 Å². The number of amides is 1. The minimum Gasteiger partial charge on any atom is -0.492 e. The first-order valence-corrected chi connectivity index (χ1v) is 8.10. The molecule has 1 aromatic heterocycles. The van der Waals surface area contributed by atoms with Crippen molar-refractivity contribution in [2.45, 2.75) is 12.6 Å². The molecule has 1 heterocycles. The second-order valence-electron chi connectivity index (χ2n) is 5.78. The minimum atomic E-state index is -4.47. The van der Waals surface area contributed by atoms with E-state index < -0.39 is 29.9 Å². The van der Waals surface area contributed by atoms with Gasteiger partial charge in [-0.15, -0.1) is 0 Å². The van der Waals surface area contributed by atoms with Crippen molar-refractivity contribution in [3.63, 3.8) is 0 Å². The number of H-pyrrole nitrogens is 1. The number of hydrogen-bond donors (Lipinski definition) is 2. The van der Waals surface area contributed by atoms with Gasteiger partial charge in [-0.05, 0) is 36.4 Å². The summed E-state index contributed by atoms with van der Waals surface area (Å²) in [5, 5.41) is 2.54. The molecule has 0 atom stereocenters. The molecule has 1 amide bonds. The average Bonchev–Trinajstić information content (AvgIpc) is 3.08. The second kappa shape index (κ2) is 7.83. The first kappa shape index (κ1) is 19.6. The van der Waals surface area contributed by atoms with Crippen LogP contribution in [-0.4, -0.2) is 29.0 Å². The number of imidazole rings is 1. The molecule has 0 aliphatic rings. The molecule has 148 valence electrons. The predicted octanol–water partition coefficient (Wildman–Crippen LogP) is 4.33. The summed E-state index contributed by atoms with van der Waals surface area (Å²) in [6.07, 6.45) is -7.22. The Morgan fingerprint density at radius 1 is 1.18 bits per heavy atom. The molecule has 0 bridgehead atoms. The maximum atomic E-state index is 12.7. The van der Waals surface area contributed by atoms with Crippen LogP contribution < -0.4 is 10.1 Å². The van der Waals surface area contributed by atoms with Crippen molar-refractivity contribution < 1.29 is 31.5 Å². The lowest BCUT2D eigenvalue weighted by Crippen LogP contribution is -2.28. The molecule has 0 aliphatic heterocycles. The highest BCUT2D eigenvalue weighted by atomic mass is 19.4. The number of ether oxygens (including phenoxy) is 1. The van der Waals surface area contributed by atoms with Gasteiger partial charge in [-0.2, -0.15) is 13.2 Å². The molecule has 3 rings (SSSR count). The van der Waals surface area contributed by atoms with Gasteiger partial charge in [0.05, 0.1) is 23.1 Å². The van der Waals surface area contributed by atoms with E-state index in [4.69, 9.17) is 4.74 Å². The van der Waals surface area contributed by atoms with Gasteiger partial charge in [0.25, 0.3) is 12.3 Å². The monoisotopic (exact) mass is 399 g/mol. The number of halogens is 5. The Balaban J connectivity index is 1.55. The second-order valence-corrected chi connectivity index (χ2v) is 5.78. The largest absolute Gasteiger partial charge is 0.492 e. The molecule has 10 heteroatoms. The van der Waals surface area contributed by atoms with Gasteiger partial charge in [0.2, 0.25) is 0 Å². The standard InChI is InChI=1S/C18H14F5N3O2/c19-15(20)16-25-13-5-4-10(8-14(13)26-16)17(27)24-6-7-28-12-3-1-2-11(9-12)18(21,22)23/h1-5,8-9,15H,6-7H2,(H,24,27)(H,25,26). The topological polar surface area (TPSA) is 67.0 Å². The van der Waals surface area contributed by atoms with Crippen molar-refractivity contribution in [1.29, 1.82) is 0 Å². The molecule has 2 N–H and O–H groups in total. The normalized spacial score (nSPS) is 11.8. The summed E-state index contributed by atoms with van der Waals surface area (Å²) in [5.74, 6) is -0.938. The SMILES string of the molecule is O=C(NCCOc1cccc(C(F)(F)F)c1)c1ccc2nc(C(F)F)[nH]c2c1. The van der Waals surface area contributed by atoms with Crippen LogP contribution in [0.2, 0.25) is 0 Å². The van der Waals surface area contributed by atoms with Crippen LogP contribution in [0.3, 0.4) is 0 Å². The summed E-state index contributed by atoms with van der Waals surface area (Å²) in [5.41, 5.74) is -0.0102. The third kappa shape index (κ3) is 4.56. The van der Waals surface area contributed by atoms with E-state index in [1.165, 1.54) is 30.3 Å². The Labute approximate surface area is 155 Å². The number of fused-ring (bicyclic) bond motifs is 1. The Morgan fingerprint density at radius 2 is 1.96 bits per heavy atom. The molecule has 0 unspecified atom stereocenters. The molecule has 0 radical (unpaired) electrons. The number of nitrogens with zero attached hydrogens (tertiary/aromatic N) is 1. The molecular weight excluding hydrogens is 385 g/mol. The molecule has 0 aliphatic carbocycles. The number of nitrogens with one attached hydrogen (secondary N) is 2. The van der Waals surface area contributed by atoms with E-state index in [1.54, 1.807) is 0 Å². The first-order chi connectivity index (χ1) is 13.2. The van der Waals surface area contributed by atoms with Gasteiger partial charge in [-0.25, -0.2) is 13.8 Å². The molecule has 28 heavy (non-hydrogen) atoms. The number of alkyl halides is 5. The van der Waals surface area contributed by atoms with E-state index >= 15 is 0 Å². The smallest absolute Gasteiger partial charge is 0.416 e. The van der Waals surface area contributed by atoms with Crippen LogP contribution in [0, 0.1) is 0 Å². The molecule has 0 fully saturated rings.